The molecular formula is C15H19N3O2. The van der Waals surface area contributed by atoms with Gasteiger partial charge in [-0.1, -0.05) is 24.3 Å². The molecule has 0 radical (unpaired) electrons. The molecule has 5 heteroatoms. The number of carbonyl (C=O) groups excluding carboxylic acids is 1. The molecular weight excluding hydrogens is 254 g/mol. The van der Waals surface area contributed by atoms with Crippen molar-refractivity contribution in [2.24, 2.45) is 0 Å². The van der Waals surface area contributed by atoms with Crippen LogP contribution in [-0.2, 0) is 0 Å². The fourth-order valence-electron chi connectivity index (χ4n) is 2.01. The molecule has 20 heavy (non-hydrogen) atoms. The lowest BCUT2D eigenvalue weighted by molar-refractivity contribution is 0.248. The predicted octanol–water partition coefficient (Wildman–Crippen LogP) is 3.48. The van der Waals surface area contributed by atoms with Crippen LogP contribution in [0.15, 0.2) is 28.7 Å². The number of nitrogens with one attached hydrogen (secondary N) is 2. The summed E-state index contributed by atoms with van der Waals surface area (Å²) < 4.78 is 5.31. The van der Waals surface area contributed by atoms with E-state index in [1.54, 1.807) is 6.92 Å². The van der Waals surface area contributed by atoms with Crippen molar-refractivity contribution in [3.05, 3.63) is 46.8 Å². The van der Waals surface area contributed by atoms with Gasteiger partial charge in [-0.25, -0.2) is 4.79 Å². The van der Waals surface area contributed by atoms with Gasteiger partial charge in [0, 0.05) is 0 Å². The summed E-state index contributed by atoms with van der Waals surface area (Å²) >= 11 is 0. The molecule has 0 fully saturated rings. The largest absolute Gasteiger partial charge is 0.428 e. The molecule has 2 aromatic rings. The first-order valence-corrected chi connectivity index (χ1v) is 6.54. The van der Waals surface area contributed by atoms with Crippen LogP contribution in [-0.4, -0.2) is 11.0 Å². The van der Waals surface area contributed by atoms with Crippen LogP contribution >= 0.6 is 0 Å². The van der Waals surface area contributed by atoms with Gasteiger partial charge in [0.2, 0.25) is 0 Å². The van der Waals surface area contributed by atoms with E-state index in [0.717, 1.165) is 16.8 Å². The lowest BCUT2D eigenvalue weighted by atomic mass is 10.0. The van der Waals surface area contributed by atoms with Crippen molar-refractivity contribution in [2.75, 3.05) is 5.32 Å². The summed E-state index contributed by atoms with van der Waals surface area (Å²) in [6.45, 7) is 7.60. The number of amides is 2. The Bertz CT molecular complexity index is 600. The van der Waals surface area contributed by atoms with E-state index in [2.05, 4.69) is 15.6 Å². The van der Waals surface area contributed by atoms with E-state index in [1.807, 2.05) is 45.0 Å². The number of aromatic nitrogens is 1. The average molecular weight is 273 g/mol. The topological polar surface area (TPSA) is 67.2 Å². The van der Waals surface area contributed by atoms with Crippen molar-refractivity contribution >= 4 is 12.0 Å². The standard InChI is InChI=1S/C15H19N3O2/c1-9-7-5-6-8-13(9)11(3)16-14(19)18-15-17-10(2)12(4)20-15/h5-8,11H,1-4H3,(H2,16,17,18,19)/t11-/m1/s1. The number of aryl methyl sites for hydroxylation is 3. The van der Waals surface area contributed by atoms with Gasteiger partial charge in [-0.2, -0.15) is 4.98 Å². The Morgan fingerprint density at radius 2 is 1.95 bits per heavy atom. The third kappa shape index (κ3) is 3.17. The maximum atomic E-state index is 11.9. The summed E-state index contributed by atoms with van der Waals surface area (Å²) in [5.41, 5.74) is 3.00. The third-order valence-electron chi connectivity index (χ3n) is 3.25. The quantitative estimate of drug-likeness (QED) is 0.899. The number of urea groups is 1. The molecule has 0 spiro atoms. The van der Waals surface area contributed by atoms with Crippen LogP contribution in [0, 0.1) is 20.8 Å². The van der Waals surface area contributed by atoms with Gasteiger partial charge in [0.25, 0.3) is 0 Å². The highest BCUT2D eigenvalue weighted by Gasteiger charge is 2.13. The number of benzene rings is 1. The summed E-state index contributed by atoms with van der Waals surface area (Å²) in [4.78, 5) is 16.0. The van der Waals surface area contributed by atoms with Crippen molar-refractivity contribution in [3.8, 4) is 0 Å². The van der Waals surface area contributed by atoms with Gasteiger partial charge >= 0.3 is 12.0 Å². The molecule has 1 aromatic carbocycles. The van der Waals surface area contributed by atoms with E-state index in [-0.39, 0.29) is 18.1 Å². The molecule has 0 saturated carbocycles. The highest BCUT2D eigenvalue weighted by Crippen LogP contribution is 2.17. The lowest BCUT2D eigenvalue weighted by Gasteiger charge is -2.16. The Morgan fingerprint density at radius 3 is 2.55 bits per heavy atom. The van der Waals surface area contributed by atoms with E-state index in [1.165, 1.54) is 0 Å². The molecule has 2 rings (SSSR count). The van der Waals surface area contributed by atoms with Gasteiger partial charge < -0.3 is 9.73 Å². The molecule has 1 heterocycles. The van der Waals surface area contributed by atoms with Crippen molar-refractivity contribution in [1.82, 2.24) is 10.3 Å². The molecule has 2 N–H and O–H groups in total. The Morgan fingerprint density at radius 1 is 1.25 bits per heavy atom. The number of hydrogen-bond acceptors (Lipinski definition) is 3. The smallest absolute Gasteiger partial charge is 0.323 e. The Labute approximate surface area is 118 Å². The minimum atomic E-state index is -0.331. The van der Waals surface area contributed by atoms with E-state index in [9.17, 15) is 4.79 Å². The average Bonchev–Trinajstić information content (AvgIpc) is 2.68. The molecule has 0 bridgehead atoms. The fourth-order valence-corrected chi connectivity index (χ4v) is 2.01. The first-order chi connectivity index (χ1) is 9.47. The molecule has 0 aliphatic rings. The second-order valence-electron chi connectivity index (χ2n) is 4.84. The Balaban J connectivity index is 1.99. The molecule has 0 aliphatic heterocycles. The van der Waals surface area contributed by atoms with Crippen molar-refractivity contribution in [3.63, 3.8) is 0 Å². The van der Waals surface area contributed by atoms with Crippen LogP contribution in [0.5, 0.6) is 0 Å². The summed E-state index contributed by atoms with van der Waals surface area (Å²) in [7, 11) is 0. The van der Waals surface area contributed by atoms with Crippen LogP contribution in [0.1, 0.15) is 35.5 Å². The first kappa shape index (κ1) is 14.1. The van der Waals surface area contributed by atoms with Gasteiger partial charge in [-0.15, -0.1) is 0 Å². The Hall–Kier alpha value is -2.30. The molecule has 1 aromatic heterocycles. The minimum absolute atomic E-state index is 0.0895. The summed E-state index contributed by atoms with van der Waals surface area (Å²) in [5.74, 6) is 0.701. The monoisotopic (exact) mass is 273 g/mol. The molecule has 2 amide bonds. The number of anilines is 1. The SMILES string of the molecule is Cc1ccccc1[C@@H](C)NC(=O)Nc1nc(C)c(C)o1. The van der Waals surface area contributed by atoms with Crippen molar-refractivity contribution in [1.29, 1.82) is 0 Å². The van der Waals surface area contributed by atoms with Gasteiger partial charge in [0.1, 0.15) is 5.76 Å². The number of nitrogens with zero attached hydrogens (tertiary/aromatic N) is 1. The maximum Gasteiger partial charge on any atom is 0.323 e. The summed E-state index contributed by atoms with van der Waals surface area (Å²) in [6.07, 6.45) is 0. The number of hydrogen-bond donors (Lipinski definition) is 2. The number of oxazole rings is 1. The van der Waals surface area contributed by atoms with E-state index in [4.69, 9.17) is 4.42 Å². The fraction of sp³-hybridized carbons (Fsp3) is 0.333. The van der Waals surface area contributed by atoms with Crippen LogP contribution in [0.4, 0.5) is 10.8 Å². The second-order valence-corrected chi connectivity index (χ2v) is 4.84. The van der Waals surface area contributed by atoms with Gasteiger partial charge in [-0.05, 0) is 38.8 Å². The highest BCUT2D eigenvalue weighted by atomic mass is 16.4. The number of rotatable bonds is 3. The van der Waals surface area contributed by atoms with Gasteiger partial charge in [-0.3, -0.25) is 5.32 Å². The van der Waals surface area contributed by atoms with E-state index < -0.39 is 0 Å². The van der Waals surface area contributed by atoms with Crippen LogP contribution in [0.2, 0.25) is 0 Å². The van der Waals surface area contributed by atoms with Crippen molar-refractivity contribution < 1.29 is 9.21 Å². The number of carbonyl (C=O) groups is 1. The van der Waals surface area contributed by atoms with Gasteiger partial charge in [0.15, 0.2) is 0 Å². The lowest BCUT2D eigenvalue weighted by Crippen LogP contribution is -2.31. The first-order valence-electron chi connectivity index (χ1n) is 6.54. The molecule has 5 nitrogen and oxygen atoms in total. The van der Waals surface area contributed by atoms with Crippen LogP contribution in [0.3, 0.4) is 0 Å². The highest BCUT2D eigenvalue weighted by molar-refractivity contribution is 5.87. The van der Waals surface area contributed by atoms with Gasteiger partial charge in [0.05, 0.1) is 11.7 Å². The summed E-state index contributed by atoms with van der Waals surface area (Å²) in [5, 5.41) is 5.46. The maximum absolute atomic E-state index is 11.9. The zero-order valence-corrected chi connectivity index (χ0v) is 12.2. The zero-order chi connectivity index (χ0) is 14.7. The van der Waals surface area contributed by atoms with E-state index >= 15 is 0 Å². The third-order valence-corrected chi connectivity index (χ3v) is 3.25. The molecule has 0 aliphatic carbocycles. The Kier molecular flexibility index (Phi) is 4.08. The normalized spacial score (nSPS) is 12.0. The predicted molar refractivity (Wildman–Crippen MR) is 77.7 cm³/mol. The molecule has 0 saturated heterocycles. The minimum Gasteiger partial charge on any atom is -0.428 e. The molecule has 0 unspecified atom stereocenters. The molecule has 1 atom stereocenters. The molecule has 106 valence electrons. The second kappa shape index (κ2) is 5.77. The van der Waals surface area contributed by atoms with Crippen LogP contribution < -0.4 is 10.6 Å². The van der Waals surface area contributed by atoms with E-state index in [0.29, 0.717) is 5.76 Å². The van der Waals surface area contributed by atoms with Crippen molar-refractivity contribution in [2.45, 2.75) is 33.7 Å². The zero-order valence-electron chi connectivity index (χ0n) is 12.2. The van der Waals surface area contributed by atoms with Crippen LogP contribution in [0.25, 0.3) is 0 Å². The summed E-state index contributed by atoms with van der Waals surface area (Å²) in [6, 6.07) is 7.75.